The quantitative estimate of drug-likeness (QED) is 0.895. The molecule has 2 aromatic rings. The molecule has 2 heterocycles. The van der Waals surface area contributed by atoms with E-state index in [1.807, 2.05) is 6.92 Å². The molecular weight excluding hydrogens is 328 g/mol. The van der Waals surface area contributed by atoms with Crippen LogP contribution in [-0.2, 0) is 18.5 Å². The fourth-order valence-electron chi connectivity index (χ4n) is 6.53. The van der Waals surface area contributed by atoms with Gasteiger partial charge in [-0.25, -0.2) is 9.78 Å². The van der Waals surface area contributed by atoms with Gasteiger partial charge in [0.05, 0.1) is 0 Å². The lowest BCUT2D eigenvalue weighted by atomic mass is 9.69. The van der Waals surface area contributed by atoms with Gasteiger partial charge >= 0.3 is 5.69 Å². The summed E-state index contributed by atoms with van der Waals surface area (Å²) in [4.78, 5) is 32.6. The molecule has 0 aliphatic heterocycles. The van der Waals surface area contributed by atoms with Crippen molar-refractivity contribution in [2.45, 2.75) is 77.3 Å². The second-order valence-corrected chi connectivity index (χ2v) is 8.92. The van der Waals surface area contributed by atoms with E-state index in [9.17, 15) is 9.59 Å². The fraction of sp³-hybridized carbons (Fsp3) is 0.750. The van der Waals surface area contributed by atoms with Crippen molar-refractivity contribution in [2.24, 2.45) is 17.8 Å². The minimum Gasteiger partial charge on any atom is -0.322 e. The van der Waals surface area contributed by atoms with Crippen molar-refractivity contribution in [3.05, 3.63) is 26.7 Å². The lowest BCUT2D eigenvalue weighted by molar-refractivity contribution is 0.213. The van der Waals surface area contributed by atoms with Gasteiger partial charge in [0.15, 0.2) is 11.2 Å². The molecule has 4 fully saturated rings. The van der Waals surface area contributed by atoms with Gasteiger partial charge in [-0.1, -0.05) is 13.8 Å². The molecule has 1 N–H and O–H groups in total. The van der Waals surface area contributed by atoms with Gasteiger partial charge in [0, 0.05) is 18.5 Å². The largest absolute Gasteiger partial charge is 0.330 e. The van der Waals surface area contributed by atoms with Crippen LogP contribution in [0, 0.1) is 17.8 Å². The first-order valence-electron chi connectivity index (χ1n) is 10.3. The van der Waals surface area contributed by atoms with Crippen LogP contribution < -0.4 is 11.2 Å². The molecule has 0 spiro atoms. The van der Waals surface area contributed by atoms with E-state index in [1.165, 1.54) is 32.1 Å². The summed E-state index contributed by atoms with van der Waals surface area (Å²) in [6, 6.07) is 0. The van der Waals surface area contributed by atoms with Crippen molar-refractivity contribution >= 4 is 11.2 Å². The minimum atomic E-state index is -0.328. The number of aryl methyl sites for hydroxylation is 2. The molecule has 6 nitrogen and oxygen atoms in total. The summed E-state index contributed by atoms with van der Waals surface area (Å²) in [6.07, 6.45) is 8.23. The van der Waals surface area contributed by atoms with Gasteiger partial charge < -0.3 is 4.57 Å². The molecular formula is C20H28N4O2. The fourth-order valence-corrected chi connectivity index (χ4v) is 6.53. The summed E-state index contributed by atoms with van der Waals surface area (Å²) in [7, 11) is 0. The molecule has 0 saturated heterocycles. The second kappa shape index (κ2) is 5.57. The van der Waals surface area contributed by atoms with Gasteiger partial charge in [0.1, 0.15) is 5.82 Å². The Labute approximate surface area is 152 Å². The molecule has 4 saturated carbocycles. The number of H-pyrrole nitrogens is 1. The Hall–Kier alpha value is -1.85. The highest BCUT2D eigenvalue weighted by Gasteiger charge is 2.58. The molecule has 6 heteroatoms. The predicted molar refractivity (Wildman–Crippen MR) is 100 cm³/mol. The Morgan fingerprint density at radius 1 is 1.04 bits per heavy atom. The summed E-state index contributed by atoms with van der Waals surface area (Å²) in [5.41, 5.74) is 0.722. The first-order valence-corrected chi connectivity index (χ1v) is 10.3. The van der Waals surface area contributed by atoms with Crippen LogP contribution in [0.1, 0.15) is 64.6 Å². The van der Waals surface area contributed by atoms with Crippen molar-refractivity contribution in [1.29, 1.82) is 0 Å². The van der Waals surface area contributed by atoms with Crippen LogP contribution in [0.2, 0.25) is 0 Å². The molecule has 0 radical (unpaired) electrons. The lowest BCUT2D eigenvalue weighted by Crippen LogP contribution is -2.35. The second-order valence-electron chi connectivity index (χ2n) is 8.92. The number of nitrogens with one attached hydrogen (secondary N) is 1. The Kier molecular flexibility index (Phi) is 3.50. The van der Waals surface area contributed by atoms with E-state index in [0.29, 0.717) is 17.7 Å². The predicted octanol–water partition coefficient (Wildman–Crippen LogP) is 2.78. The smallest absolute Gasteiger partial charge is 0.322 e. The molecule has 140 valence electrons. The molecule has 26 heavy (non-hydrogen) atoms. The molecule has 0 aromatic carbocycles. The van der Waals surface area contributed by atoms with Crippen molar-refractivity contribution in [3.63, 3.8) is 0 Å². The third kappa shape index (κ3) is 2.07. The standard InChI is InChI=1S/C20H28N4O2/c1-3-5-23-15-16(24(6-4-2)19(26)22-17(15)25)21-18(23)20-9-12-7-13(10-20)14(8-12)11-20/h12-14H,3-11H2,1-2H3,(H,22,25,26). The van der Waals surface area contributed by atoms with Crippen LogP contribution in [0.5, 0.6) is 0 Å². The van der Waals surface area contributed by atoms with E-state index in [4.69, 9.17) is 4.98 Å². The zero-order valence-electron chi connectivity index (χ0n) is 15.8. The van der Waals surface area contributed by atoms with Gasteiger partial charge in [-0.15, -0.1) is 0 Å². The van der Waals surface area contributed by atoms with Gasteiger partial charge in [-0.05, 0) is 62.7 Å². The molecule has 4 aliphatic rings. The summed E-state index contributed by atoms with van der Waals surface area (Å²) >= 11 is 0. The van der Waals surface area contributed by atoms with Crippen LogP contribution >= 0.6 is 0 Å². The van der Waals surface area contributed by atoms with E-state index in [-0.39, 0.29) is 16.7 Å². The van der Waals surface area contributed by atoms with E-state index in [0.717, 1.165) is 43.0 Å². The third-order valence-corrected chi connectivity index (χ3v) is 7.18. The highest BCUT2D eigenvalue weighted by atomic mass is 16.2. The number of imidazole rings is 1. The minimum absolute atomic E-state index is 0.129. The zero-order chi connectivity index (χ0) is 18.1. The van der Waals surface area contributed by atoms with Crippen LogP contribution in [0.25, 0.3) is 11.2 Å². The summed E-state index contributed by atoms with van der Waals surface area (Å²) < 4.78 is 3.83. The summed E-state index contributed by atoms with van der Waals surface area (Å²) in [5.74, 6) is 3.62. The molecule has 4 aliphatic carbocycles. The van der Waals surface area contributed by atoms with Crippen LogP contribution in [0.4, 0.5) is 0 Å². The Bertz CT molecular complexity index is 963. The molecule has 2 unspecified atom stereocenters. The number of rotatable bonds is 5. The topological polar surface area (TPSA) is 72.7 Å². The van der Waals surface area contributed by atoms with E-state index in [1.54, 1.807) is 4.57 Å². The van der Waals surface area contributed by atoms with Gasteiger partial charge in [-0.3, -0.25) is 14.3 Å². The normalized spacial score (nSPS) is 32.2. The van der Waals surface area contributed by atoms with Crippen molar-refractivity contribution < 1.29 is 0 Å². The highest BCUT2D eigenvalue weighted by molar-refractivity contribution is 5.71. The molecule has 0 amide bonds. The Morgan fingerprint density at radius 2 is 1.69 bits per heavy atom. The van der Waals surface area contributed by atoms with Crippen LogP contribution in [0.15, 0.2) is 9.59 Å². The summed E-state index contributed by atoms with van der Waals surface area (Å²) in [6.45, 7) is 5.57. The monoisotopic (exact) mass is 356 g/mol. The van der Waals surface area contributed by atoms with E-state index in [2.05, 4.69) is 16.5 Å². The SMILES string of the molecule is CCCn1c(C23CC4CC(C2)C(C4)C3)nc2c1c(=O)[nH]c(=O)n2CCC. The average molecular weight is 356 g/mol. The van der Waals surface area contributed by atoms with Gasteiger partial charge in [0.25, 0.3) is 5.56 Å². The van der Waals surface area contributed by atoms with Gasteiger partial charge in [-0.2, -0.15) is 0 Å². The zero-order valence-corrected chi connectivity index (χ0v) is 15.8. The number of nitrogens with zero attached hydrogens (tertiary/aromatic N) is 3. The maximum absolute atomic E-state index is 12.7. The molecule has 6 rings (SSSR count). The maximum atomic E-state index is 12.7. The number of aromatic nitrogens is 4. The van der Waals surface area contributed by atoms with Crippen molar-refractivity contribution in [3.8, 4) is 0 Å². The van der Waals surface area contributed by atoms with Gasteiger partial charge in [0.2, 0.25) is 0 Å². The molecule has 2 aromatic heterocycles. The first kappa shape index (κ1) is 16.3. The van der Waals surface area contributed by atoms with E-state index < -0.39 is 0 Å². The number of hydrogen-bond donors (Lipinski definition) is 1. The first-order chi connectivity index (χ1) is 12.6. The van der Waals surface area contributed by atoms with Crippen LogP contribution in [0.3, 0.4) is 0 Å². The molecule has 4 bridgehead atoms. The number of aromatic amines is 1. The van der Waals surface area contributed by atoms with E-state index >= 15 is 0 Å². The number of fused-ring (bicyclic) bond motifs is 1. The molecule has 2 atom stereocenters. The van der Waals surface area contributed by atoms with Crippen molar-refractivity contribution in [1.82, 2.24) is 19.1 Å². The Balaban J connectivity index is 1.77. The Morgan fingerprint density at radius 3 is 2.31 bits per heavy atom. The van der Waals surface area contributed by atoms with Crippen LogP contribution in [-0.4, -0.2) is 19.1 Å². The maximum Gasteiger partial charge on any atom is 0.330 e. The highest BCUT2D eigenvalue weighted by Crippen LogP contribution is 2.64. The lowest BCUT2D eigenvalue weighted by Gasteiger charge is -2.38. The third-order valence-electron chi connectivity index (χ3n) is 7.18. The summed E-state index contributed by atoms with van der Waals surface area (Å²) in [5, 5.41) is 0. The number of hydrogen-bond acceptors (Lipinski definition) is 3. The average Bonchev–Trinajstić information content (AvgIpc) is 3.19. The van der Waals surface area contributed by atoms with Crippen molar-refractivity contribution in [2.75, 3.05) is 0 Å².